The Kier molecular flexibility index (Phi) is 12.7. The number of hydrogen-bond acceptors (Lipinski definition) is 8. The third-order valence-electron chi connectivity index (χ3n) is 5.58. The predicted molar refractivity (Wildman–Crippen MR) is 131 cm³/mol. The maximum Gasteiger partial charge on any atom is 0.261 e. The lowest BCUT2D eigenvalue weighted by atomic mass is 9.98. The summed E-state index contributed by atoms with van der Waals surface area (Å²) >= 11 is 0. The van der Waals surface area contributed by atoms with Gasteiger partial charge in [-0.3, -0.25) is 0 Å². The molecule has 9 nitrogen and oxygen atoms in total. The van der Waals surface area contributed by atoms with Crippen LogP contribution in [0.5, 0.6) is 5.88 Å². The molecule has 2 aromatic heterocycles. The molecular formula is C25H44N4O5. The molecule has 0 N–H and O–H groups in total. The molecule has 9 heteroatoms. The van der Waals surface area contributed by atoms with E-state index in [4.69, 9.17) is 23.7 Å². The van der Waals surface area contributed by atoms with E-state index in [9.17, 15) is 0 Å². The topological polar surface area (TPSA) is 89.2 Å². The van der Waals surface area contributed by atoms with Gasteiger partial charge in [-0.1, -0.05) is 40.0 Å². The molecule has 0 aromatic carbocycles. The van der Waals surface area contributed by atoms with Crippen molar-refractivity contribution in [2.45, 2.75) is 91.0 Å². The van der Waals surface area contributed by atoms with E-state index in [1.807, 2.05) is 13.8 Å². The van der Waals surface area contributed by atoms with Gasteiger partial charge in [0, 0.05) is 19.8 Å². The van der Waals surface area contributed by atoms with Gasteiger partial charge >= 0.3 is 0 Å². The number of unbranched alkanes of at least 4 members (excludes halogenated alkanes) is 3. The van der Waals surface area contributed by atoms with Crippen LogP contribution in [-0.2, 0) is 18.9 Å². The molecule has 0 spiro atoms. The van der Waals surface area contributed by atoms with Gasteiger partial charge in [-0.15, -0.1) is 0 Å². The molecule has 0 saturated heterocycles. The van der Waals surface area contributed by atoms with Gasteiger partial charge in [0.2, 0.25) is 5.65 Å². The van der Waals surface area contributed by atoms with Crippen LogP contribution in [0, 0.1) is 0 Å². The first-order chi connectivity index (χ1) is 16.5. The van der Waals surface area contributed by atoms with Crippen LogP contribution in [0.2, 0.25) is 0 Å². The number of rotatable bonds is 19. The van der Waals surface area contributed by atoms with Crippen molar-refractivity contribution in [3.05, 3.63) is 18.2 Å². The first-order valence-electron chi connectivity index (χ1n) is 12.7. The first-order valence-corrected chi connectivity index (χ1v) is 12.7. The summed E-state index contributed by atoms with van der Waals surface area (Å²) < 4.78 is 32.0. The highest BCUT2D eigenvalue weighted by Gasteiger charge is 2.38. The molecular weight excluding hydrogens is 436 g/mol. The number of fused-ring (bicyclic) bond motifs is 1. The summed E-state index contributed by atoms with van der Waals surface area (Å²) in [7, 11) is 1.57. The summed E-state index contributed by atoms with van der Waals surface area (Å²) in [5, 5.41) is 4.43. The Balaban J connectivity index is 2.32. The van der Waals surface area contributed by atoms with Gasteiger partial charge in [0.1, 0.15) is 18.5 Å². The van der Waals surface area contributed by atoms with Crippen molar-refractivity contribution < 1.29 is 23.7 Å². The third-order valence-corrected chi connectivity index (χ3v) is 5.58. The average molecular weight is 481 g/mol. The van der Waals surface area contributed by atoms with Gasteiger partial charge in [0.25, 0.3) is 5.88 Å². The third kappa shape index (κ3) is 8.45. The van der Waals surface area contributed by atoms with Crippen LogP contribution >= 0.6 is 0 Å². The number of methoxy groups -OCH3 is 1. The zero-order chi connectivity index (χ0) is 24.8. The van der Waals surface area contributed by atoms with Crippen LogP contribution in [0.4, 0.5) is 0 Å². The minimum atomic E-state index is -0.644. The number of imidazole rings is 1. The Morgan fingerprint density at radius 1 is 0.912 bits per heavy atom. The molecule has 2 rings (SSSR count). The molecule has 0 radical (unpaired) electrons. The second-order valence-corrected chi connectivity index (χ2v) is 8.99. The molecule has 194 valence electrons. The molecule has 1 unspecified atom stereocenters. The fourth-order valence-corrected chi connectivity index (χ4v) is 3.52. The molecule has 34 heavy (non-hydrogen) atoms. The van der Waals surface area contributed by atoms with E-state index in [0.717, 1.165) is 44.2 Å². The molecule has 1 atom stereocenters. The van der Waals surface area contributed by atoms with Crippen molar-refractivity contribution in [2.24, 2.45) is 0 Å². The highest BCUT2D eigenvalue weighted by molar-refractivity contribution is 5.49. The first kappa shape index (κ1) is 28.4. The molecule has 0 aliphatic carbocycles. The Hall–Kier alpha value is -1.81. The molecule has 0 aliphatic rings. The van der Waals surface area contributed by atoms with E-state index in [2.05, 4.69) is 35.8 Å². The largest absolute Gasteiger partial charge is 0.478 e. The molecule has 0 aliphatic heterocycles. The van der Waals surface area contributed by atoms with Gasteiger partial charge in [0.15, 0.2) is 0 Å². The fraction of sp³-hybridized carbons (Fsp3) is 0.800. The van der Waals surface area contributed by atoms with Crippen molar-refractivity contribution in [1.29, 1.82) is 0 Å². The molecule has 0 bridgehead atoms. The number of hydrogen-bond donors (Lipinski definition) is 0. The van der Waals surface area contributed by atoms with E-state index >= 15 is 0 Å². The zero-order valence-electron chi connectivity index (χ0n) is 21.9. The molecule has 2 heterocycles. The zero-order valence-corrected chi connectivity index (χ0v) is 21.9. The monoisotopic (exact) mass is 480 g/mol. The lowest BCUT2D eigenvalue weighted by molar-refractivity contribution is -0.175. The number of aromatic nitrogens is 4. The summed E-state index contributed by atoms with van der Waals surface area (Å²) in [6.45, 7) is 13.5. The summed E-state index contributed by atoms with van der Waals surface area (Å²) in [5.74, 6) is 0.409. The Morgan fingerprint density at radius 3 is 2.12 bits per heavy atom. The van der Waals surface area contributed by atoms with Crippen LogP contribution in [0.15, 0.2) is 12.5 Å². The van der Waals surface area contributed by atoms with Crippen LogP contribution in [0.3, 0.4) is 0 Å². The highest BCUT2D eigenvalue weighted by atomic mass is 16.6. The SMILES string of the molecule is CCCCOCC(COCCCC)OC(c1cnc2c(OC)ncnn12)C(C)(C)OCCCC. The Bertz CT molecular complexity index is 802. The van der Waals surface area contributed by atoms with Crippen molar-refractivity contribution in [3.63, 3.8) is 0 Å². The van der Waals surface area contributed by atoms with Crippen molar-refractivity contribution in [1.82, 2.24) is 19.6 Å². The maximum atomic E-state index is 6.70. The predicted octanol–water partition coefficient (Wildman–Crippen LogP) is 4.79. The lowest BCUT2D eigenvalue weighted by Crippen LogP contribution is -2.40. The van der Waals surface area contributed by atoms with Gasteiger partial charge in [-0.25, -0.2) is 9.50 Å². The van der Waals surface area contributed by atoms with E-state index in [-0.39, 0.29) is 6.10 Å². The summed E-state index contributed by atoms with van der Waals surface area (Å²) in [6, 6.07) is 0. The summed E-state index contributed by atoms with van der Waals surface area (Å²) in [6.07, 6.45) is 8.73. The van der Waals surface area contributed by atoms with Crippen LogP contribution in [0.1, 0.15) is 84.9 Å². The Labute approximate surface area is 204 Å². The normalized spacial score (nSPS) is 13.1. The van der Waals surface area contributed by atoms with Crippen LogP contribution in [0.25, 0.3) is 5.65 Å². The summed E-state index contributed by atoms with van der Waals surface area (Å²) in [5.41, 5.74) is 0.659. The minimum Gasteiger partial charge on any atom is -0.478 e. The van der Waals surface area contributed by atoms with Crippen molar-refractivity contribution in [2.75, 3.05) is 40.1 Å². The second kappa shape index (κ2) is 15.2. The maximum absolute atomic E-state index is 6.70. The van der Waals surface area contributed by atoms with Gasteiger partial charge in [-0.05, 0) is 33.1 Å². The molecule has 0 fully saturated rings. The molecule has 0 amide bonds. The van der Waals surface area contributed by atoms with Crippen molar-refractivity contribution >= 4 is 5.65 Å². The minimum absolute atomic E-state index is 0.262. The lowest BCUT2D eigenvalue weighted by Gasteiger charge is -2.36. The number of nitrogens with zero attached hydrogens (tertiary/aromatic N) is 4. The van der Waals surface area contributed by atoms with Gasteiger partial charge < -0.3 is 23.7 Å². The Morgan fingerprint density at radius 2 is 1.53 bits per heavy atom. The van der Waals surface area contributed by atoms with Gasteiger partial charge in [0.05, 0.1) is 37.8 Å². The quantitative estimate of drug-likeness (QED) is 0.265. The van der Waals surface area contributed by atoms with E-state index in [1.165, 1.54) is 6.33 Å². The standard InChI is InChI=1S/C25H44N4O5/c1-7-10-13-31-17-20(18-32-14-11-8-2)34-22(25(4,5)33-15-12-9-3)21-16-26-23-24(30-6)27-19-28-29(21)23/h16,19-20,22H,7-15,17-18H2,1-6H3. The average Bonchev–Trinajstić information content (AvgIpc) is 3.26. The summed E-state index contributed by atoms with van der Waals surface area (Å²) in [4.78, 5) is 8.68. The second-order valence-electron chi connectivity index (χ2n) is 8.99. The van der Waals surface area contributed by atoms with E-state index in [1.54, 1.807) is 17.8 Å². The van der Waals surface area contributed by atoms with Gasteiger partial charge in [-0.2, -0.15) is 10.1 Å². The van der Waals surface area contributed by atoms with E-state index in [0.29, 0.717) is 44.6 Å². The van der Waals surface area contributed by atoms with Crippen LogP contribution in [-0.4, -0.2) is 71.4 Å². The van der Waals surface area contributed by atoms with Crippen LogP contribution < -0.4 is 4.74 Å². The smallest absolute Gasteiger partial charge is 0.261 e. The molecule has 2 aromatic rings. The van der Waals surface area contributed by atoms with Crippen molar-refractivity contribution in [3.8, 4) is 5.88 Å². The fourth-order valence-electron chi connectivity index (χ4n) is 3.52. The highest BCUT2D eigenvalue weighted by Crippen LogP contribution is 2.35. The van der Waals surface area contributed by atoms with E-state index < -0.39 is 11.7 Å². The number of ether oxygens (including phenoxy) is 5. The molecule has 0 saturated carbocycles.